The summed E-state index contributed by atoms with van der Waals surface area (Å²) in [6.07, 6.45) is 23.8. The Hall–Kier alpha value is -1.72. The fourth-order valence-corrected chi connectivity index (χ4v) is 2.72. The van der Waals surface area contributed by atoms with Gasteiger partial charge in [-0.25, -0.2) is 4.58 Å². The minimum absolute atomic E-state index is 0.125. The molecule has 0 fully saturated rings. The lowest BCUT2D eigenvalue weighted by atomic mass is 10.1. The quantitative estimate of drug-likeness (QED) is 0.0740. The number of ether oxygens (including phenoxy) is 3. The highest BCUT2D eigenvalue weighted by molar-refractivity contribution is 5.69. The van der Waals surface area contributed by atoms with E-state index in [1.54, 1.807) is 0 Å². The van der Waals surface area contributed by atoms with Crippen molar-refractivity contribution in [3.63, 3.8) is 0 Å². The van der Waals surface area contributed by atoms with Gasteiger partial charge in [-0.2, -0.15) is 0 Å². The Morgan fingerprint density at radius 1 is 0.774 bits per heavy atom. The molecular formula is C26H46NO4+. The van der Waals surface area contributed by atoms with Crippen molar-refractivity contribution in [1.29, 1.82) is 0 Å². The topological polar surface area (TPSA) is 47.8 Å². The van der Waals surface area contributed by atoms with Crippen LogP contribution in [0, 0.1) is 0 Å². The van der Waals surface area contributed by atoms with Gasteiger partial charge in [0.2, 0.25) is 0 Å². The second kappa shape index (κ2) is 24.5. The maximum atomic E-state index is 11.7. The highest BCUT2D eigenvalue weighted by Crippen LogP contribution is 2.08. The molecule has 0 heterocycles. The summed E-state index contributed by atoms with van der Waals surface area (Å²) in [6, 6.07) is 0. The molecule has 0 bridgehead atoms. The number of rotatable bonds is 22. The average molecular weight is 437 g/mol. The van der Waals surface area contributed by atoms with Crippen LogP contribution in [-0.4, -0.2) is 63.9 Å². The molecule has 0 unspecified atom stereocenters. The predicted octanol–water partition coefficient (Wildman–Crippen LogP) is 5.50. The summed E-state index contributed by atoms with van der Waals surface area (Å²) >= 11 is 0. The van der Waals surface area contributed by atoms with Gasteiger partial charge < -0.3 is 14.2 Å². The smallest absolute Gasteiger partial charge is 0.305 e. The van der Waals surface area contributed by atoms with Gasteiger partial charge in [0.05, 0.1) is 19.8 Å². The van der Waals surface area contributed by atoms with Crippen molar-refractivity contribution in [2.75, 3.05) is 46.6 Å². The van der Waals surface area contributed by atoms with Crippen LogP contribution < -0.4 is 0 Å². The molecule has 0 spiro atoms. The van der Waals surface area contributed by atoms with Crippen LogP contribution >= 0.6 is 0 Å². The van der Waals surface area contributed by atoms with Gasteiger partial charge in [-0.3, -0.25) is 4.79 Å². The molecule has 0 amide bonds. The maximum absolute atomic E-state index is 11.7. The predicted molar refractivity (Wildman–Crippen MR) is 130 cm³/mol. The molecule has 0 rings (SSSR count). The van der Waals surface area contributed by atoms with E-state index in [0.717, 1.165) is 45.1 Å². The Morgan fingerprint density at radius 2 is 1.35 bits per heavy atom. The first-order valence-electron chi connectivity index (χ1n) is 11.9. The van der Waals surface area contributed by atoms with Gasteiger partial charge in [-0.15, -0.1) is 0 Å². The van der Waals surface area contributed by atoms with Crippen molar-refractivity contribution in [2.24, 2.45) is 0 Å². The number of unbranched alkanes of at least 4 members (excludes halogenated alkanes) is 5. The summed E-state index contributed by atoms with van der Waals surface area (Å²) < 4.78 is 17.8. The van der Waals surface area contributed by atoms with E-state index in [-0.39, 0.29) is 5.97 Å². The van der Waals surface area contributed by atoms with Crippen molar-refractivity contribution in [2.45, 2.75) is 71.1 Å². The van der Waals surface area contributed by atoms with Crippen molar-refractivity contribution >= 4 is 12.7 Å². The summed E-state index contributed by atoms with van der Waals surface area (Å²) in [5.41, 5.74) is 0. The van der Waals surface area contributed by atoms with Crippen LogP contribution in [0.4, 0.5) is 0 Å². The Morgan fingerprint density at radius 3 is 2.06 bits per heavy atom. The number of allylic oxidation sites excluding steroid dienone is 6. The van der Waals surface area contributed by atoms with E-state index in [2.05, 4.69) is 50.1 Å². The van der Waals surface area contributed by atoms with Crippen LogP contribution in [0.5, 0.6) is 0 Å². The maximum Gasteiger partial charge on any atom is 0.305 e. The van der Waals surface area contributed by atoms with Crippen molar-refractivity contribution in [3.05, 3.63) is 36.5 Å². The fraction of sp³-hybridized carbons (Fsp3) is 0.692. The van der Waals surface area contributed by atoms with Gasteiger partial charge in [-0.1, -0.05) is 62.6 Å². The number of carbonyl (C=O) groups is 1. The van der Waals surface area contributed by atoms with Crippen LogP contribution in [0.2, 0.25) is 0 Å². The third kappa shape index (κ3) is 26.2. The van der Waals surface area contributed by atoms with Gasteiger partial charge in [0, 0.05) is 6.42 Å². The zero-order valence-electron chi connectivity index (χ0n) is 20.1. The lowest BCUT2D eigenvalue weighted by Gasteiger charge is -2.06. The van der Waals surface area contributed by atoms with Gasteiger partial charge in [-0.05, 0) is 38.5 Å². The van der Waals surface area contributed by atoms with Crippen LogP contribution in [-0.2, 0) is 19.0 Å². The molecule has 5 nitrogen and oxygen atoms in total. The van der Waals surface area contributed by atoms with Crippen LogP contribution in [0.15, 0.2) is 36.5 Å². The molecule has 178 valence electrons. The van der Waals surface area contributed by atoms with Crippen molar-refractivity contribution in [1.82, 2.24) is 0 Å². The summed E-state index contributed by atoms with van der Waals surface area (Å²) in [4.78, 5) is 11.7. The molecule has 5 heteroatoms. The van der Waals surface area contributed by atoms with E-state index in [1.807, 2.05) is 11.6 Å². The van der Waals surface area contributed by atoms with E-state index in [4.69, 9.17) is 14.2 Å². The molecule has 0 aromatic rings. The van der Waals surface area contributed by atoms with Crippen LogP contribution in [0.3, 0.4) is 0 Å². The standard InChI is InChI=1S/C26H46NO4/c1-4-5-6-7-8-9-10-11-12-13-14-15-16-17-18-19-26(28)31-25-24-30-23-22-29-21-20-27(2)3/h5-6,8-9,11-12H,2,4,7,10,13-25H2,1,3H3/q+1/b6-5-,9-8-,12-11-. The Kier molecular flexibility index (Phi) is 23.2. The van der Waals surface area contributed by atoms with E-state index in [1.165, 1.54) is 19.3 Å². The fourth-order valence-electron chi connectivity index (χ4n) is 2.72. The number of esters is 1. The minimum atomic E-state index is -0.125. The molecule has 0 aromatic heterocycles. The zero-order valence-corrected chi connectivity index (χ0v) is 20.1. The number of carbonyl (C=O) groups excluding carboxylic acids is 1. The number of hydrogen-bond acceptors (Lipinski definition) is 4. The average Bonchev–Trinajstić information content (AvgIpc) is 2.75. The number of likely N-dealkylation sites (N-methyl/N-ethyl adjacent to an activating group) is 1. The lowest BCUT2D eigenvalue weighted by Crippen LogP contribution is -2.15. The van der Waals surface area contributed by atoms with E-state index < -0.39 is 0 Å². The first kappa shape index (κ1) is 29.3. The van der Waals surface area contributed by atoms with E-state index in [0.29, 0.717) is 39.5 Å². The Balaban J connectivity index is 3.29. The molecule has 0 saturated heterocycles. The number of hydrogen-bond donors (Lipinski definition) is 0. The van der Waals surface area contributed by atoms with Crippen LogP contribution in [0.25, 0.3) is 0 Å². The van der Waals surface area contributed by atoms with Crippen molar-refractivity contribution < 1.29 is 23.6 Å². The van der Waals surface area contributed by atoms with Gasteiger partial charge in [0.15, 0.2) is 6.54 Å². The molecule has 0 aliphatic rings. The monoisotopic (exact) mass is 436 g/mol. The van der Waals surface area contributed by atoms with Gasteiger partial charge in [0.1, 0.15) is 27.0 Å². The first-order valence-corrected chi connectivity index (χ1v) is 11.9. The third-order valence-corrected chi connectivity index (χ3v) is 4.51. The molecule has 0 aliphatic carbocycles. The van der Waals surface area contributed by atoms with Crippen molar-refractivity contribution in [3.8, 4) is 0 Å². The first-order chi connectivity index (χ1) is 15.2. The van der Waals surface area contributed by atoms with E-state index >= 15 is 0 Å². The van der Waals surface area contributed by atoms with E-state index in [9.17, 15) is 4.79 Å². The summed E-state index contributed by atoms with van der Waals surface area (Å²) in [7, 11) is 1.90. The van der Waals surface area contributed by atoms with Gasteiger partial charge >= 0.3 is 5.97 Å². The minimum Gasteiger partial charge on any atom is -0.463 e. The Bertz CT molecular complexity index is 512. The second-order valence-corrected chi connectivity index (χ2v) is 7.63. The summed E-state index contributed by atoms with van der Waals surface area (Å²) in [6.45, 7) is 9.14. The molecule has 0 aromatic carbocycles. The highest BCUT2D eigenvalue weighted by atomic mass is 16.6. The molecule has 0 N–H and O–H groups in total. The summed E-state index contributed by atoms with van der Waals surface area (Å²) in [5, 5.41) is 0. The normalized spacial score (nSPS) is 11.8. The highest BCUT2D eigenvalue weighted by Gasteiger charge is 2.02. The molecular weight excluding hydrogens is 390 g/mol. The van der Waals surface area contributed by atoms with Crippen LogP contribution in [0.1, 0.15) is 71.1 Å². The number of nitrogens with zero attached hydrogens (tertiary/aromatic N) is 1. The van der Waals surface area contributed by atoms with Gasteiger partial charge in [0.25, 0.3) is 0 Å². The molecule has 0 aliphatic heterocycles. The third-order valence-electron chi connectivity index (χ3n) is 4.51. The molecule has 0 radical (unpaired) electrons. The summed E-state index contributed by atoms with van der Waals surface area (Å²) in [5.74, 6) is -0.125. The second-order valence-electron chi connectivity index (χ2n) is 7.63. The molecule has 31 heavy (non-hydrogen) atoms. The molecule has 0 saturated carbocycles. The Labute approximate surface area is 190 Å². The lowest BCUT2D eigenvalue weighted by molar-refractivity contribution is -0.491. The molecule has 0 atom stereocenters. The SMILES string of the molecule is C=[N+](C)CCOCCOCCOC(=O)CCCCCCC/C=C\C/C=C\C/C=C\CC. The largest absolute Gasteiger partial charge is 0.463 e. The zero-order chi connectivity index (χ0) is 22.8.